The van der Waals surface area contributed by atoms with Crippen molar-refractivity contribution in [1.29, 1.82) is 0 Å². The SMILES string of the molecule is C=CC(=N/C=C(\C)NCC1[C@H](C)CC(F)(F)CN1C(=O)C(N)=C(C=NC)c1ccc(Cl)cc1)C(F)(F)F. The number of piperidine rings is 1. The fourth-order valence-electron chi connectivity index (χ4n) is 3.93. The standard InChI is InChI=1S/C25H29ClF5N5O/c1-5-21(25(29,30)31)35-11-16(3)34-13-20-15(2)10-24(27,28)14-36(20)23(37)22(32)19(12-33-4)17-6-8-18(26)9-7-17/h5-9,11-12,15,20,34H,1,10,13-14,32H2,2-4H3/b16-11+,22-19?,33-12?,35-21?/t15-,20?/m1/s1. The highest BCUT2D eigenvalue weighted by Crippen LogP contribution is 2.35. The highest BCUT2D eigenvalue weighted by molar-refractivity contribution is 6.30. The molecule has 0 spiro atoms. The Bertz CT molecular complexity index is 1110. The molecule has 0 radical (unpaired) electrons. The monoisotopic (exact) mass is 545 g/mol. The fourth-order valence-corrected chi connectivity index (χ4v) is 4.05. The number of nitrogens with two attached hydrogens (primary N) is 1. The van der Waals surface area contributed by atoms with Gasteiger partial charge in [0, 0.05) is 48.7 Å². The van der Waals surface area contributed by atoms with Crippen molar-refractivity contribution in [2.75, 3.05) is 20.1 Å². The zero-order chi connectivity index (χ0) is 28.0. The number of allylic oxidation sites excluding steroid dienone is 3. The first-order chi connectivity index (χ1) is 17.2. The van der Waals surface area contributed by atoms with E-state index >= 15 is 0 Å². The topological polar surface area (TPSA) is 83.1 Å². The summed E-state index contributed by atoms with van der Waals surface area (Å²) in [5.41, 5.74) is 5.74. The Morgan fingerprint density at radius 3 is 2.49 bits per heavy atom. The molecule has 37 heavy (non-hydrogen) atoms. The number of hydrogen-bond acceptors (Lipinski definition) is 5. The molecule has 1 unspecified atom stereocenters. The number of benzene rings is 1. The lowest BCUT2D eigenvalue weighted by Crippen LogP contribution is -2.59. The molecule has 0 bridgehead atoms. The smallest absolute Gasteiger partial charge is 0.394 e. The van der Waals surface area contributed by atoms with Gasteiger partial charge in [0.1, 0.15) is 11.4 Å². The van der Waals surface area contributed by atoms with E-state index in [0.717, 1.165) is 11.1 Å². The molecule has 1 aliphatic heterocycles. The van der Waals surface area contributed by atoms with Crippen molar-refractivity contribution in [3.05, 3.63) is 65.1 Å². The molecule has 1 amide bonds. The van der Waals surface area contributed by atoms with E-state index in [1.165, 1.54) is 20.2 Å². The first-order valence-corrected chi connectivity index (χ1v) is 11.6. The van der Waals surface area contributed by atoms with E-state index < -0.39 is 48.6 Å². The number of nitrogens with one attached hydrogen (secondary N) is 1. The van der Waals surface area contributed by atoms with Gasteiger partial charge in [-0.25, -0.2) is 8.78 Å². The van der Waals surface area contributed by atoms with Crippen molar-refractivity contribution in [3.8, 4) is 0 Å². The van der Waals surface area contributed by atoms with Gasteiger partial charge < -0.3 is 16.0 Å². The van der Waals surface area contributed by atoms with Crippen LogP contribution in [0.3, 0.4) is 0 Å². The molecule has 3 N–H and O–H groups in total. The van der Waals surface area contributed by atoms with Crippen molar-refractivity contribution < 1.29 is 26.7 Å². The largest absolute Gasteiger partial charge is 0.433 e. The Morgan fingerprint density at radius 1 is 1.32 bits per heavy atom. The minimum atomic E-state index is -4.67. The van der Waals surface area contributed by atoms with Crippen LogP contribution >= 0.6 is 11.6 Å². The van der Waals surface area contributed by atoms with E-state index in [2.05, 4.69) is 21.9 Å². The fraction of sp³-hybridized carbons (Fsp3) is 0.400. The number of likely N-dealkylation sites (tertiary alicyclic amines) is 1. The summed E-state index contributed by atoms with van der Waals surface area (Å²) < 4.78 is 67.6. The molecule has 0 aromatic heterocycles. The van der Waals surface area contributed by atoms with Crippen LogP contribution in [0.1, 0.15) is 25.8 Å². The Balaban J connectivity index is 2.38. The molecule has 0 saturated carbocycles. The summed E-state index contributed by atoms with van der Waals surface area (Å²) in [5, 5.41) is 3.33. The Hall–Kier alpha value is -3.21. The van der Waals surface area contributed by atoms with Gasteiger partial charge in [0.05, 0.1) is 12.6 Å². The second kappa shape index (κ2) is 12.4. The summed E-state index contributed by atoms with van der Waals surface area (Å²) >= 11 is 5.93. The summed E-state index contributed by atoms with van der Waals surface area (Å²) in [5.74, 6) is -4.61. The van der Waals surface area contributed by atoms with Gasteiger partial charge in [-0.05, 0) is 36.6 Å². The number of nitrogens with zero attached hydrogens (tertiary/aromatic N) is 3. The van der Waals surface area contributed by atoms with Gasteiger partial charge in [-0.15, -0.1) is 0 Å². The van der Waals surface area contributed by atoms with Crippen molar-refractivity contribution in [1.82, 2.24) is 10.2 Å². The average molecular weight is 546 g/mol. The van der Waals surface area contributed by atoms with Gasteiger partial charge in [0.25, 0.3) is 11.8 Å². The quantitative estimate of drug-likeness (QED) is 0.267. The summed E-state index contributed by atoms with van der Waals surface area (Å²) in [4.78, 5) is 21.7. The third kappa shape index (κ3) is 8.14. The van der Waals surface area contributed by atoms with Crippen molar-refractivity contribution in [2.24, 2.45) is 21.6 Å². The molecule has 12 heteroatoms. The normalized spacial score (nSPS) is 21.6. The van der Waals surface area contributed by atoms with E-state index in [1.54, 1.807) is 31.2 Å². The van der Waals surface area contributed by atoms with E-state index in [0.29, 0.717) is 16.7 Å². The zero-order valence-corrected chi connectivity index (χ0v) is 21.4. The van der Waals surface area contributed by atoms with Crippen LogP contribution in [-0.2, 0) is 4.79 Å². The van der Waals surface area contributed by atoms with E-state index in [9.17, 15) is 26.7 Å². The van der Waals surface area contributed by atoms with Crippen LogP contribution in [0.15, 0.2) is 64.5 Å². The van der Waals surface area contributed by atoms with Gasteiger partial charge in [0.15, 0.2) is 0 Å². The number of hydrogen-bond donors (Lipinski definition) is 2. The molecule has 1 saturated heterocycles. The van der Waals surface area contributed by atoms with Gasteiger partial charge in [-0.1, -0.05) is 37.2 Å². The van der Waals surface area contributed by atoms with Crippen LogP contribution in [0, 0.1) is 5.92 Å². The average Bonchev–Trinajstić information content (AvgIpc) is 2.80. The first-order valence-electron chi connectivity index (χ1n) is 11.2. The molecule has 2 atom stereocenters. The minimum Gasteiger partial charge on any atom is -0.394 e. The summed E-state index contributed by atoms with van der Waals surface area (Å²) in [6, 6.07) is 5.70. The van der Waals surface area contributed by atoms with Crippen LogP contribution in [0.5, 0.6) is 0 Å². The molecule has 1 heterocycles. The molecule has 0 aliphatic carbocycles. The molecule has 1 aromatic carbocycles. The summed E-state index contributed by atoms with van der Waals surface area (Å²) in [7, 11) is 1.48. The Kier molecular flexibility index (Phi) is 10.0. The van der Waals surface area contributed by atoms with Crippen LogP contribution in [0.4, 0.5) is 22.0 Å². The Morgan fingerprint density at radius 2 is 1.95 bits per heavy atom. The molecule has 1 fully saturated rings. The third-order valence-electron chi connectivity index (χ3n) is 5.75. The Labute approximate surface area is 217 Å². The lowest BCUT2D eigenvalue weighted by molar-refractivity contribution is -0.148. The van der Waals surface area contributed by atoms with Crippen molar-refractivity contribution in [2.45, 2.75) is 38.4 Å². The maximum absolute atomic E-state index is 14.5. The first kappa shape index (κ1) is 30.0. The second-order valence-electron chi connectivity index (χ2n) is 8.67. The molecular weight excluding hydrogens is 517 g/mol. The molecule has 1 aliphatic rings. The molecule has 1 aromatic rings. The number of amides is 1. The van der Waals surface area contributed by atoms with Crippen LogP contribution in [0.25, 0.3) is 5.57 Å². The van der Waals surface area contributed by atoms with Crippen molar-refractivity contribution in [3.63, 3.8) is 0 Å². The predicted molar refractivity (Wildman–Crippen MR) is 137 cm³/mol. The molecule has 6 nitrogen and oxygen atoms in total. The minimum absolute atomic E-state index is 0.0122. The van der Waals surface area contributed by atoms with Crippen molar-refractivity contribution >= 4 is 35.0 Å². The van der Waals surface area contributed by atoms with Gasteiger partial charge >= 0.3 is 6.18 Å². The van der Waals surface area contributed by atoms with Gasteiger partial charge in [-0.3, -0.25) is 14.8 Å². The zero-order valence-electron chi connectivity index (χ0n) is 20.6. The number of rotatable bonds is 8. The number of carbonyl (C=O) groups excluding carboxylic acids is 1. The summed E-state index contributed by atoms with van der Waals surface area (Å²) in [6.45, 7) is 5.27. The van der Waals surface area contributed by atoms with E-state index in [1.807, 2.05) is 0 Å². The lowest BCUT2D eigenvalue weighted by atomic mass is 9.87. The molecular formula is C25H29ClF5N5O. The highest BCUT2D eigenvalue weighted by atomic mass is 35.5. The maximum atomic E-state index is 14.5. The van der Waals surface area contributed by atoms with Gasteiger partial charge in [0.2, 0.25) is 0 Å². The molecule has 202 valence electrons. The van der Waals surface area contributed by atoms with E-state index in [4.69, 9.17) is 17.3 Å². The predicted octanol–water partition coefficient (Wildman–Crippen LogP) is 5.22. The maximum Gasteiger partial charge on any atom is 0.433 e. The third-order valence-corrected chi connectivity index (χ3v) is 6.00. The van der Waals surface area contributed by atoms with Crippen LogP contribution in [0.2, 0.25) is 5.02 Å². The lowest BCUT2D eigenvalue weighted by Gasteiger charge is -2.43. The number of aliphatic imine (C=N–C) groups is 2. The second-order valence-corrected chi connectivity index (χ2v) is 9.10. The summed E-state index contributed by atoms with van der Waals surface area (Å²) in [6.07, 6.45) is -2.23. The number of carbonyl (C=O) groups is 1. The molecule has 2 rings (SSSR count). The van der Waals surface area contributed by atoms with Crippen LogP contribution in [-0.4, -0.2) is 61.0 Å². The highest BCUT2D eigenvalue weighted by Gasteiger charge is 2.46. The number of alkyl halides is 5. The van der Waals surface area contributed by atoms with Gasteiger partial charge in [-0.2, -0.15) is 13.2 Å². The van der Waals surface area contributed by atoms with Crippen LogP contribution < -0.4 is 11.1 Å². The number of halogens is 6. The van der Waals surface area contributed by atoms with E-state index in [-0.39, 0.29) is 23.5 Å².